The molecule has 3 atom stereocenters. The largest absolute Gasteiger partial charge is 0.490 e. The first kappa shape index (κ1) is 31.1. The van der Waals surface area contributed by atoms with Crippen molar-refractivity contribution in [3.63, 3.8) is 0 Å². The van der Waals surface area contributed by atoms with E-state index in [4.69, 9.17) is 24.5 Å². The Hall–Kier alpha value is -2.94. The van der Waals surface area contributed by atoms with Crippen molar-refractivity contribution in [2.45, 2.75) is 63.8 Å². The first-order valence-corrected chi connectivity index (χ1v) is 10.7. The van der Waals surface area contributed by atoms with Gasteiger partial charge in [-0.1, -0.05) is 0 Å². The first-order valence-electron chi connectivity index (χ1n) is 10.7. The van der Waals surface area contributed by atoms with Crippen LogP contribution in [0.1, 0.15) is 32.3 Å². The number of carbonyl (C=O) groups excluding carboxylic acids is 1. The Balaban J connectivity index is 0.000000383. The van der Waals surface area contributed by atoms with Crippen molar-refractivity contribution in [1.82, 2.24) is 15.2 Å². The summed E-state index contributed by atoms with van der Waals surface area (Å²) in [6, 6.07) is 4.28. The molecule has 0 unspecified atom stereocenters. The summed E-state index contributed by atoms with van der Waals surface area (Å²) in [7, 11) is 0. The number of carboxylic acid groups (broad SMARTS) is 2. The Labute approximate surface area is 202 Å². The van der Waals surface area contributed by atoms with Crippen LogP contribution in [0, 0.1) is 5.92 Å². The van der Waals surface area contributed by atoms with E-state index in [1.165, 1.54) is 5.56 Å². The van der Waals surface area contributed by atoms with Crippen molar-refractivity contribution in [2.24, 2.45) is 5.92 Å². The SMILES string of the molecule is CC(C)NC(=O)[C@H]1C[C@@H]2CCN(Cc3ccncc3)C[C@H]2O1.O=C(O)C(F)(F)F.O=C(O)C(F)(F)F. The number of aromatic nitrogens is 1. The average molecular weight is 531 g/mol. The molecular weight excluding hydrogens is 504 g/mol. The van der Waals surface area contributed by atoms with Crippen molar-refractivity contribution >= 4 is 17.8 Å². The number of nitrogens with zero attached hydrogens (tertiary/aromatic N) is 2. The van der Waals surface area contributed by atoms with Crippen LogP contribution in [0.4, 0.5) is 26.3 Å². The third-order valence-corrected chi connectivity index (χ3v) is 5.00. The van der Waals surface area contributed by atoms with E-state index in [0.29, 0.717) is 5.92 Å². The van der Waals surface area contributed by atoms with E-state index in [9.17, 15) is 31.1 Å². The maximum Gasteiger partial charge on any atom is 0.490 e. The Morgan fingerprint density at radius 2 is 1.58 bits per heavy atom. The molecule has 0 spiro atoms. The highest BCUT2D eigenvalue weighted by atomic mass is 19.4. The van der Waals surface area contributed by atoms with Crippen molar-refractivity contribution in [2.75, 3.05) is 13.1 Å². The van der Waals surface area contributed by atoms with E-state index in [1.807, 2.05) is 26.2 Å². The van der Waals surface area contributed by atoms with Crippen LogP contribution in [0.5, 0.6) is 0 Å². The van der Waals surface area contributed by atoms with Gasteiger partial charge in [-0.2, -0.15) is 26.3 Å². The van der Waals surface area contributed by atoms with Gasteiger partial charge in [0.25, 0.3) is 0 Å². The minimum Gasteiger partial charge on any atom is -0.475 e. The number of hydrogen-bond donors (Lipinski definition) is 3. The fourth-order valence-electron chi connectivity index (χ4n) is 3.43. The summed E-state index contributed by atoms with van der Waals surface area (Å²) in [4.78, 5) is 36.4. The van der Waals surface area contributed by atoms with Crippen LogP contribution in [-0.4, -0.2) is 81.6 Å². The molecule has 2 aliphatic rings. The summed E-state index contributed by atoms with van der Waals surface area (Å²) >= 11 is 0. The number of nitrogens with one attached hydrogen (secondary N) is 1. The van der Waals surface area contributed by atoms with Gasteiger partial charge in [0.2, 0.25) is 5.91 Å². The van der Waals surface area contributed by atoms with Crippen LogP contribution in [0.25, 0.3) is 0 Å². The van der Waals surface area contributed by atoms with Crippen molar-refractivity contribution in [1.29, 1.82) is 0 Å². The molecule has 0 saturated carbocycles. The molecule has 3 rings (SSSR count). The van der Waals surface area contributed by atoms with Gasteiger partial charge in [-0.05, 0) is 56.8 Å². The first-order chi connectivity index (χ1) is 16.5. The molecular formula is C21H27F6N3O6. The minimum absolute atomic E-state index is 0.0464. The highest BCUT2D eigenvalue weighted by Gasteiger charge is 2.42. The van der Waals surface area contributed by atoms with Gasteiger partial charge in [-0.15, -0.1) is 0 Å². The van der Waals surface area contributed by atoms with Gasteiger partial charge in [0.15, 0.2) is 0 Å². The lowest BCUT2D eigenvalue weighted by Crippen LogP contribution is -2.42. The lowest BCUT2D eigenvalue weighted by molar-refractivity contribution is -0.193. The predicted octanol–water partition coefficient (Wildman–Crippen LogP) is 2.85. The molecule has 15 heteroatoms. The smallest absolute Gasteiger partial charge is 0.475 e. The molecule has 2 aliphatic heterocycles. The molecule has 2 saturated heterocycles. The van der Waals surface area contributed by atoms with Gasteiger partial charge in [-0.3, -0.25) is 14.7 Å². The average Bonchev–Trinajstić information content (AvgIpc) is 3.17. The lowest BCUT2D eigenvalue weighted by atomic mass is 9.91. The maximum atomic E-state index is 12.1. The number of carbonyl (C=O) groups is 3. The lowest BCUT2D eigenvalue weighted by Gasteiger charge is -2.34. The summed E-state index contributed by atoms with van der Waals surface area (Å²) in [5.74, 6) is -4.94. The van der Waals surface area contributed by atoms with Gasteiger partial charge < -0.3 is 20.3 Å². The number of piperidine rings is 1. The topological polar surface area (TPSA) is 129 Å². The molecule has 9 nitrogen and oxygen atoms in total. The molecule has 1 aromatic heterocycles. The number of aliphatic carboxylic acids is 2. The van der Waals surface area contributed by atoms with Crippen LogP contribution >= 0.6 is 0 Å². The molecule has 36 heavy (non-hydrogen) atoms. The van der Waals surface area contributed by atoms with Crippen molar-refractivity contribution in [3.8, 4) is 0 Å². The Kier molecular flexibility index (Phi) is 11.6. The minimum atomic E-state index is -5.08. The molecule has 2 fully saturated rings. The number of alkyl halides is 6. The van der Waals surface area contributed by atoms with E-state index < -0.39 is 24.3 Å². The third-order valence-electron chi connectivity index (χ3n) is 5.00. The number of amides is 1. The Morgan fingerprint density at radius 3 is 2.03 bits per heavy atom. The zero-order chi connectivity index (χ0) is 27.7. The van der Waals surface area contributed by atoms with Crippen molar-refractivity contribution in [3.05, 3.63) is 30.1 Å². The summed E-state index contributed by atoms with van der Waals surface area (Å²) in [5, 5.41) is 17.2. The molecule has 204 valence electrons. The number of fused-ring (bicyclic) bond motifs is 1. The Morgan fingerprint density at radius 1 is 1.08 bits per heavy atom. The van der Waals surface area contributed by atoms with Gasteiger partial charge in [-0.25, -0.2) is 9.59 Å². The van der Waals surface area contributed by atoms with E-state index in [0.717, 1.165) is 32.5 Å². The molecule has 1 amide bonds. The highest BCUT2D eigenvalue weighted by Crippen LogP contribution is 2.33. The number of rotatable bonds is 4. The second-order valence-corrected chi connectivity index (χ2v) is 8.31. The molecule has 0 aliphatic carbocycles. The standard InChI is InChI=1S/C17H25N3O2.2C2HF3O2/c1-12(2)19-17(21)15-9-14-5-8-20(11-16(14)22-15)10-13-3-6-18-7-4-13;2*3-2(4,5)1(6)7/h3-4,6-7,12,14-16H,5,8-11H2,1-2H3,(H,19,21);2*(H,6,7)/t14-,15+,16+;;/m0../s1. The van der Waals surface area contributed by atoms with Gasteiger partial charge in [0, 0.05) is 31.5 Å². The van der Waals surface area contributed by atoms with Crippen LogP contribution in [0.2, 0.25) is 0 Å². The zero-order valence-electron chi connectivity index (χ0n) is 19.3. The van der Waals surface area contributed by atoms with E-state index in [-0.39, 0.29) is 24.2 Å². The molecule has 1 aromatic rings. The van der Waals surface area contributed by atoms with E-state index in [1.54, 1.807) is 0 Å². The molecule has 3 N–H and O–H groups in total. The zero-order valence-corrected chi connectivity index (χ0v) is 19.3. The number of carboxylic acids is 2. The van der Waals surface area contributed by atoms with E-state index >= 15 is 0 Å². The quantitative estimate of drug-likeness (QED) is 0.506. The molecule has 0 bridgehead atoms. The second kappa shape index (κ2) is 13.4. The Bertz CT molecular complexity index is 842. The molecule has 0 aromatic carbocycles. The fraction of sp³-hybridized carbons (Fsp3) is 0.619. The summed E-state index contributed by atoms with van der Waals surface area (Å²) in [6.07, 6.45) is -4.59. The summed E-state index contributed by atoms with van der Waals surface area (Å²) < 4.78 is 69.5. The molecule has 0 radical (unpaired) electrons. The summed E-state index contributed by atoms with van der Waals surface area (Å²) in [5.41, 5.74) is 1.28. The maximum absolute atomic E-state index is 12.1. The van der Waals surface area contributed by atoms with Gasteiger partial charge in [0.1, 0.15) is 6.10 Å². The van der Waals surface area contributed by atoms with E-state index in [2.05, 4.69) is 27.3 Å². The summed E-state index contributed by atoms with van der Waals surface area (Å²) in [6.45, 7) is 6.88. The highest BCUT2D eigenvalue weighted by molar-refractivity contribution is 5.81. The number of ether oxygens (including phenoxy) is 1. The number of pyridine rings is 1. The monoisotopic (exact) mass is 531 g/mol. The number of hydrogen-bond acceptors (Lipinski definition) is 6. The van der Waals surface area contributed by atoms with Crippen LogP contribution in [-0.2, 0) is 25.7 Å². The fourth-order valence-corrected chi connectivity index (χ4v) is 3.43. The second-order valence-electron chi connectivity index (χ2n) is 8.31. The predicted molar refractivity (Wildman–Crippen MR) is 112 cm³/mol. The normalized spacial score (nSPS) is 21.9. The number of likely N-dealkylation sites (tertiary alicyclic amines) is 1. The van der Waals surface area contributed by atoms with Crippen LogP contribution < -0.4 is 5.32 Å². The van der Waals surface area contributed by atoms with Gasteiger partial charge >= 0.3 is 24.3 Å². The molecule has 3 heterocycles. The van der Waals surface area contributed by atoms with Crippen molar-refractivity contribution < 1.29 is 55.7 Å². The van der Waals surface area contributed by atoms with Crippen LogP contribution in [0.3, 0.4) is 0 Å². The van der Waals surface area contributed by atoms with Crippen LogP contribution in [0.15, 0.2) is 24.5 Å². The van der Waals surface area contributed by atoms with Gasteiger partial charge in [0.05, 0.1) is 6.10 Å². The third kappa shape index (κ3) is 11.2. The number of halogens is 6.